The van der Waals surface area contributed by atoms with Crippen LogP contribution in [-0.2, 0) is 24.5 Å². The van der Waals surface area contributed by atoms with Gasteiger partial charge >= 0.3 is 0 Å². The average molecular weight is 515 g/mol. The van der Waals surface area contributed by atoms with Crippen LogP contribution in [-0.4, -0.2) is 36.7 Å². The fraction of sp³-hybridized carbons (Fsp3) is 0.323. The number of rotatable bonds is 13. The highest BCUT2D eigenvalue weighted by Crippen LogP contribution is 2.34. The molecule has 0 saturated heterocycles. The minimum absolute atomic E-state index is 0.328. The first-order valence-corrected chi connectivity index (χ1v) is 13.0. The molecule has 5 rings (SSSR count). The van der Waals surface area contributed by atoms with E-state index in [-0.39, 0.29) is 0 Å². The van der Waals surface area contributed by atoms with Crippen molar-refractivity contribution in [2.75, 3.05) is 26.8 Å². The highest BCUT2D eigenvalue weighted by atomic mass is 16.5. The summed E-state index contributed by atoms with van der Waals surface area (Å²) in [5, 5.41) is 1.99. The first-order valence-electron chi connectivity index (χ1n) is 13.0. The first-order chi connectivity index (χ1) is 18.6. The van der Waals surface area contributed by atoms with E-state index in [1.165, 1.54) is 5.56 Å². The van der Waals surface area contributed by atoms with E-state index in [1.54, 1.807) is 6.20 Å². The topological polar surface area (TPSA) is 70.1 Å². The number of hydrogen-bond donors (Lipinski definition) is 0. The van der Waals surface area contributed by atoms with Crippen LogP contribution in [0.1, 0.15) is 36.0 Å². The van der Waals surface area contributed by atoms with Gasteiger partial charge in [-0.25, -0.2) is 0 Å². The number of hydrogen-bond acceptors (Lipinski definition) is 7. The van der Waals surface area contributed by atoms with Gasteiger partial charge in [-0.05, 0) is 75.3 Å². The summed E-state index contributed by atoms with van der Waals surface area (Å²) in [4.78, 5) is 6.47. The lowest BCUT2D eigenvalue weighted by Gasteiger charge is -2.16. The third-order valence-corrected chi connectivity index (χ3v) is 6.49. The number of benzene rings is 2. The molecule has 0 radical (unpaired) electrons. The number of aryl methyl sites for hydroxylation is 1. The Bertz CT molecular complexity index is 1470. The predicted octanol–water partition coefficient (Wildman–Crippen LogP) is 6.90. The van der Waals surface area contributed by atoms with Crippen LogP contribution in [0.15, 0.2) is 75.8 Å². The molecule has 0 aliphatic rings. The summed E-state index contributed by atoms with van der Waals surface area (Å²) in [6.07, 6.45) is 4.63. The summed E-state index contributed by atoms with van der Waals surface area (Å²) in [6, 6.07) is 17.8. The molecule has 38 heavy (non-hydrogen) atoms. The molecule has 0 fully saturated rings. The molecule has 2 aromatic carbocycles. The molecule has 7 nitrogen and oxygen atoms in total. The molecule has 0 unspecified atom stereocenters. The minimum Gasteiger partial charge on any atom is -0.493 e. The monoisotopic (exact) mass is 514 g/mol. The third-order valence-electron chi connectivity index (χ3n) is 6.49. The van der Waals surface area contributed by atoms with E-state index in [4.69, 9.17) is 23.0 Å². The Kier molecular flexibility index (Phi) is 8.26. The Morgan fingerprint density at radius 3 is 2.71 bits per heavy atom. The molecule has 0 N–H and O–H groups in total. The maximum absolute atomic E-state index is 6.19. The maximum atomic E-state index is 6.19. The predicted molar refractivity (Wildman–Crippen MR) is 148 cm³/mol. The summed E-state index contributed by atoms with van der Waals surface area (Å²) in [7, 11) is 2.12. The smallest absolute Gasteiger partial charge is 0.146 e. The van der Waals surface area contributed by atoms with Gasteiger partial charge in [-0.15, -0.1) is 0 Å². The highest BCUT2D eigenvalue weighted by molar-refractivity contribution is 5.88. The quantitative estimate of drug-likeness (QED) is 0.158. The second-order valence-corrected chi connectivity index (χ2v) is 9.42. The molecule has 0 spiro atoms. The third kappa shape index (κ3) is 6.18. The van der Waals surface area contributed by atoms with Crippen molar-refractivity contribution in [2.45, 2.75) is 40.0 Å². The molecule has 0 aliphatic heterocycles. The summed E-state index contributed by atoms with van der Waals surface area (Å²) < 4.78 is 29.7. The van der Waals surface area contributed by atoms with Crippen LogP contribution in [0, 0.1) is 6.92 Å². The zero-order valence-electron chi connectivity index (χ0n) is 22.2. The van der Waals surface area contributed by atoms with Gasteiger partial charge in [0.05, 0.1) is 12.0 Å². The Labute approximate surface area is 222 Å². The van der Waals surface area contributed by atoms with Crippen LogP contribution in [0.3, 0.4) is 0 Å². The van der Waals surface area contributed by atoms with Gasteiger partial charge in [0.25, 0.3) is 0 Å². The minimum atomic E-state index is 0.328. The molecular weight excluding hydrogens is 480 g/mol. The fourth-order valence-electron chi connectivity index (χ4n) is 4.56. The molecule has 3 aromatic heterocycles. The molecule has 3 heterocycles. The van der Waals surface area contributed by atoms with E-state index < -0.39 is 0 Å². The fourth-order valence-corrected chi connectivity index (χ4v) is 4.56. The Morgan fingerprint density at radius 2 is 1.87 bits per heavy atom. The molecular formula is C31H34N2O5. The number of ether oxygens (including phenoxy) is 3. The molecule has 0 amide bonds. The second-order valence-electron chi connectivity index (χ2n) is 9.42. The van der Waals surface area contributed by atoms with Crippen LogP contribution >= 0.6 is 0 Å². The van der Waals surface area contributed by atoms with E-state index in [9.17, 15) is 0 Å². The molecule has 0 bridgehead atoms. The zero-order chi connectivity index (χ0) is 26.3. The lowest BCUT2D eigenvalue weighted by atomic mass is 10.1. The number of furan rings is 2. The van der Waals surface area contributed by atoms with Crippen LogP contribution in [0.4, 0.5) is 0 Å². The van der Waals surface area contributed by atoms with Crippen LogP contribution in [0.2, 0.25) is 0 Å². The normalized spacial score (nSPS) is 11.6. The molecule has 0 aliphatic carbocycles. The van der Waals surface area contributed by atoms with E-state index in [2.05, 4.69) is 29.9 Å². The standard InChI is InChI=1S/C31H34N2O5/c1-4-34-20-26-17-24-16-25(11-12-27(24)37-26)36-21-30-22(2)31-28(9-5-10-29(31)38-30)35-15-7-14-33(3)19-23-8-6-13-32-18-23/h5-6,8-13,16-18H,4,7,14-15,19-21H2,1-3H3. The van der Waals surface area contributed by atoms with Crippen LogP contribution < -0.4 is 9.47 Å². The van der Waals surface area contributed by atoms with Gasteiger partial charge in [0.1, 0.15) is 47.4 Å². The Hall–Kier alpha value is -3.81. The second kappa shape index (κ2) is 12.2. The van der Waals surface area contributed by atoms with Gasteiger partial charge in [-0.2, -0.15) is 0 Å². The van der Waals surface area contributed by atoms with Crippen molar-refractivity contribution >= 4 is 21.9 Å². The molecule has 0 atom stereocenters. The molecule has 0 saturated carbocycles. The molecule has 7 heteroatoms. The van der Waals surface area contributed by atoms with Gasteiger partial charge in [0.15, 0.2) is 0 Å². The van der Waals surface area contributed by atoms with Crippen LogP contribution in [0.25, 0.3) is 21.9 Å². The zero-order valence-corrected chi connectivity index (χ0v) is 22.2. The number of fused-ring (bicyclic) bond motifs is 2. The number of aromatic nitrogens is 1. The van der Waals surface area contributed by atoms with Crippen molar-refractivity contribution in [3.8, 4) is 11.5 Å². The largest absolute Gasteiger partial charge is 0.493 e. The van der Waals surface area contributed by atoms with Gasteiger partial charge in [0, 0.05) is 43.0 Å². The van der Waals surface area contributed by atoms with E-state index >= 15 is 0 Å². The molecule has 198 valence electrons. The lowest BCUT2D eigenvalue weighted by molar-refractivity contribution is 0.119. The molecule has 5 aromatic rings. The Balaban J connectivity index is 1.19. The summed E-state index contributed by atoms with van der Waals surface area (Å²) in [6.45, 7) is 7.90. The maximum Gasteiger partial charge on any atom is 0.146 e. The van der Waals surface area contributed by atoms with Gasteiger partial charge < -0.3 is 27.9 Å². The summed E-state index contributed by atoms with van der Waals surface area (Å²) in [5.41, 5.74) is 3.86. The van der Waals surface area contributed by atoms with Crippen LogP contribution in [0.5, 0.6) is 11.5 Å². The lowest BCUT2D eigenvalue weighted by Crippen LogP contribution is -2.20. The number of pyridine rings is 1. The highest BCUT2D eigenvalue weighted by Gasteiger charge is 2.16. The van der Waals surface area contributed by atoms with Crippen molar-refractivity contribution in [3.63, 3.8) is 0 Å². The average Bonchev–Trinajstić information content (AvgIpc) is 3.49. The first kappa shape index (κ1) is 25.8. The van der Waals surface area contributed by atoms with Crippen molar-refractivity contribution in [1.82, 2.24) is 9.88 Å². The van der Waals surface area contributed by atoms with Gasteiger partial charge in [-0.1, -0.05) is 12.1 Å². The van der Waals surface area contributed by atoms with Crippen molar-refractivity contribution in [1.29, 1.82) is 0 Å². The van der Waals surface area contributed by atoms with Crippen molar-refractivity contribution < 1.29 is 23.0 Å². The number of nitrogens with zero attached hydrogens (tertiary/aromatic N) is 2. The summed E-state index contributed by atoms with van der Waals surface area (Å²) in [5.74, 6) is 3.19. The van der Waals surface area contributed by atoms with E-state index in [0.29, 0.717) is 26.4 Å². The van der Waals surface area contributed by atoms with Crippen molar-refractivity contribution in [2.24, 2.45) is 0 Å². The van der Waals surface area contributed by atoms with Crippen molar-refractivity contribution in [3.05, 3.63) is 89.6 Å². The van der Waals surface area contributed by atoms with E-state index in [1.807, 2.05) is 61.7 Å². The van der Waals surface area contributed by atoms with E-state index in [0.717, 1.165) is 70.0 Å². The Morgan fingerprint density at radius 1 is 0.947 bits per heavy atom. The van der Waals surface area contributed by atoms with Gasteiger partial charge in [-0.3, -0.25) is 4.98 Å². The SMILES string of the molecule is CCOCc1cc2cc(OCc3oc4cccc(OCCCN(C)Cc5cccnc5)c4c3C)ccc2o1. The van der Waals surface area contributed by atoms with Gasteiger partial charge in [0.2, 0.25) is 0 Å². The summed E-state index contributed by atoms with van der Waals surface area (Å²) >= 11 is 0.